The van der Waals surface area contributed by atoms with Crippen molar-refractivity contribution in [2.45, 2.75) is 26.8 Å². The Kier molecular flexibility index (Phi) is 5.51. The summed E-state index contributed by atoms with van der Waals surface area (Å²) in [7, 11) is 0. The van der Waals surface area contributed by atoms with Gasteiger partial charge in [0.15, 0.2) is 0 Å². The van der Waals surface area contributed by atoms with E-state index in [2.05, 4.69) is 10.6 Å². The molecule has 0 saturated heterocycles. The van der Waals surface area contributed by atoms with Gasteiger partial charge in [-0.3, -0.25) is 9.59 Å². The first kappa shape index (κ1) is 15.2. The molecule has 4 N–H and O–H groups in total. The monoisotopic (exact) mass is 263 g/mol. The smallest absolute Gasteiger partial charge is 0.251 e. The summed E-state index contributed by atoms with van der Waals surface area (Å²) in [5.74, 6) is -0.269. The first-order valence-corrected chi connectivity index (χ1v) is 6.40. The van der Waals surface area contributed by atoms with Crippen molar-refractivity contribution in [3.8, 4) is 0 Å². The molecule has 1 aromatic carbocycles. The van der Waals surface area contributed by atoms with Crippen LogP contribution in [0.5, 0.6) is 0 Å². The lowest BCUT2D eigenvalue weighted by molar-refractivity contribution is -0.118. The minimum atomic E-state index is -0.539. The summed E-state index contributed by atoms with van der Waals surface area (Å²) in [4.78, 5) is 23.3. The summed E-state index contributed by atoms with van der Waals surface area (Å²) in [5, 5.41) is 5.43. The van der Waals surface area contributed by atoms with Gasteiger partial charge < -0.3 is 16.4 Å². The van der Waals surface area contributed by atoms with E-state index in [0.717, 1.165) is 0 Å². The Bertz CT molecular complexity index is 441. The maximum atomic E-state index is 11.8. The molecule has 0 spiro atoms. The molecule has 0 aliphatic carbocycles. The minimum absolute atomic E-state index is 0.0783. The van der Waals surface area contributed by atoms with Crippen LogP contribution in [0.1, 0.15) is 31.1 Å². The van der Waals surface area contributed by atoms with Crippen molar-refractivity contribution in [3.05, 3.63) is 29.8 Å². The number of rotatable bonds is 5. The predicted molar refractivity (Wildman–Crippen MR) is 75.9 cm³/mol. The number of carbonyl (C=O) groups excluding carboxylic acids is 2. The molecule has 5 nitrogen and oxygen atoms in total. The van der Waals surface area contributed by atoms with Crippen LogP contribution in [0.25, 0.3) is 0 Å². The topological polar surface area (TPSA) is 84.2 Å². The highest BCUT2D eigenvalue weighted by Crippen LogP contribution is 2.11. The predicted octanol–water partition coefficient (Wildman–Crippen LogP) is 1.36. The van der Waals surface area contributed by atoms with E-state index in [9.17, 15) is 9.59 Å². The molecule has 0 aromatic heterocycles. The van der Waals surface area contributed by atoms with Crippen LogP contribution in [0.4, 0.5) is 5.69 Å². The van der Waals surface area contributed by atoms with Crippen LogP contribution in [0.15, 0.2) is 24.3 Å². The van der Waals surface area contributed by atoms with Crippen LogP contribution < -0.4 is 16.4 Å². The fraction of sp³-hybridized carbons (Fsp3) is 0.429. The highest BCUT2D eigenvalue weighted by atomic mass is 16.2. The van der Waals surface area contributed by atoms with Crippen molar-refractivity contribution in [1.82, 2.24) is 5.32 Å². The molecule has 5 heteroatoms. The maximum Gasteiger partial charge on any atom is 0.251 e. The van der Waals surface area contributed by atoms with E-state index in [4.69, 9.17) is 5.73 Å². The second-order valence-electron chi connectivity index (χ2n) is 4.70. The molecular weight excluding hydrogens is 242 g/mol. The third-order valence-corrected chi connectivity index (χ3v) is 2.77. The van der Waals surface area contributed by atoms with Gasteiger partial charge >= 0.3 is 0 Å². The minimum Gasteiger partial charge on any atom is -0.352 e. The molecule has 2 amide bonds. The number of nitrogens with one attached hydrogen (secondary N) is 2. The molecule has 1 rings (SSSR count). The summed E-state index contributed by atoms with van der Waals surface area (Å²) in [6.07, 6.45) is 0. The zero-order valence-electron chi connectivity index (χ0n) is 11.6. The van der Waals surface area contributed by atoms with Gasteiger partial charge in [-0.1, -0.05) is 13.8 Å². The van der Waals surface area contributed by atoms with Crippen molar-refractivity contribution in [3.63, 3.8) is 0 Å². The highest BCUT2D eigenvalue weighted by Gasteiger charge is 2.17. The van der Waals surface area contributed by atoms with E-state index >= 15 is 0 Å². The number of carbonyl (C=O) groups is 2. The average molecular weight is 263 g/mol. The first-order chi connectivity index (χ1) is 8.95. The summed E-state index contributed by atoms with van der Waals surface area (Å²) in [5.41, 5.74) is 6.95. The number of anilines is 1. The number of amides is 2. The van der Waals surface area contributed by atoms with Gasteiger partial charge in [-0.15, -0.1) is 0 Å². The van der Waals surface area contributed by atoms with Crippen LogP contribution >= 0.6 is 0 Å². The molecule has 0 aliphatic heterocycles. The third-order valence-electron chi connectivity index (χ3n) is 2.77. The van der Waals surface area contributed by atoms with Crippen molar-refractivity contribution in [1.29, 1.82) is 0 Å². The second-order valence-corrected chi connectivity index (χ2v) is 4.70. The molecule has 19 heavy (non-hydrogen) atoms. The number of nitrogens with two attached hydrogens (primary N) is 1. The van der Waals surface area contributed by atoms with Gasteiger partial charge in [-0.25, -0.2) is 0 Å². The first-order valence-electron chi connectivity index (χ1n) is 6.40. The molecule has 104 valence electrons. The summed E-state index contributed by atoms with van der Waals surface area (Å²) in [6.45, 7) is 6.23. The Labute approximate surface area is 113 Å². The quantitative estimate of drug-likeness (QED) is 0.750. The van der Waals surface area contributed by atoms with Crippen molar-refractivity contribution >= 4 is 17.5 Å². The lowest BCUT2D eigenvalue weighted by atomic mass is 10.0. The van der Waals surface area contributed by atoms with Crippen LogP contribution in [-0.2, 0) is 4.79 Å². The molecule has 0 aliphatic rings. The van der Waals surface area contributed by atoms with Gasteiger partial charge in [0.1, 0.15) is 0 Å². The van der Waals surface area contributed by atoms with Gasteiger partial charge in [0, 0.05) is 17.8 Å². The Morgan fingerprint density at radius 3 is 2.26 bits per heavy atom. The van der Waals surface area contributed by atoms with E-state index in [0.29, 0.717) is 17.8 Å². The molecule has 0 bridgehead atoms. The molecule has 0 saturated carbocycles. The van der Waals surface area contributed by atoms with E-state index in [-0.39, 0.29) is 17.7 Å². The number of hydrogen-bond acceptors (Lipinski definition) is 3. The van der Waals surface area contributed by atoms with Gasteiger partial charge in [0.2, 0.25) is 5.91 Å². The van der Waals surface area contributed by atoms with E-state index in [1.165, 1.54) is 0 Å². The van der Waals surface area contributed by atoms with E-state index in [1.54, 1.807) is 24.3 Å². The maximum absolute atomic E-state index is 11.8. The fourth-order valence-corrected chi connectivity index (χ4v) is 1.50. The lowest BCUT2D eigenvalue weighted by Gasteiger charge is -2.15. The largest absolute Gasteiger partial charge is 0.352 e. The Morgan fingerprint density at radius 2 is 1.79 bits per heavy atom. The Hall–Kier alpha value is -1.88. The van der Waals surface area contributed by atoms with Crippen LogP contribution in [0.2, 0.25) is 0 Å². The van der Waals surface area contributed by atoms with E-state index < -0.39 is 6.04 Å². The second kappa shape index (κ2) is 6.89. The highest BCUT2D eigenvalue weighted by molar-refractivity contribution is 5.97. The van der Waals surface area contributed by atoms with Gasteiger partial charge in [0.25, 0.3) is 5.91 Å². The van der Waals surface area contributed by atoms with Crippen molar-refractivity contribution < 1.29 is 9.59 Å². The zero-order chi connectivity index (χ0) is 14.4. The van der Waals surface area contributed by atoms with Gasteiger partial charge in [0.05, 0.1) is 6.04 Å². The molecular formula is C14H21N3O2. The fourth-order valence-electron chi connectivity index (χ4n) is 1.50. The molecule has 0 radical (unpaired) electrons. The number of benzene rings is 1. The molecule has 0 heterocycles. The Morgan fingerprint density at radius 1 is 1.21 bits per heavy atom. The molecule has 1 aromatic rings. The molecule has 0 unspecified atom stereocenters. The summed E-state index contributed by atoms with van der Waals surface area (Å²) >= 11 is 0. The Balaban J connectivity index is 2.67. The summed E-state index contributed by atoms with van der Waals surface area (Å²) in [6, 6.07) is 6.18. The van der Waals surface area contributed by atoms with Crippen molar-refractivity contribution in [2.75, 3.05) is 11.9 Å². The number of hydrogen-bond donors (Lipinski definition) is 3. The third kappa shape index (κ3) is 4.37. The molecule has 0 fully saturated rings. The lowest BCUT2D eigenvalue weighted by Crippen LogP contribution is -2.39. The zero-order valence-corrected chi connectivity index (χ0v) is 11.6. The van der Waals surface area contributed by atoms with Gasteiger partial charge in [-0.05, 0) is 37.1 Å². The van der Waals surface area contributed by atoms with Crippen molar-refractivity contribution in [2.24, 2.45) is 11.7 Å². The average Bonchev–Trinajstić information content (AvgIpc) is 2.38. The standard InChI is InChI=1S/C14H21N3O2/c1-4-16-13(18)10-5-7-11(8-6-10)17-14(19)12(15)9(2)3/h5-9,12H,4,15H2,1-3H3,(H,16,18)(H,17,19)/t12-/m0/s1. The van der Waals surface area contributed by atoms with E-state index in [1.807, 2.05) is 20.8 Å². The van der Waals surface area contributed by atoms with Crippen LogP contribution in [0, 0.1) is 5.92 Å². The summed E-state index contributed by atoms with van der Waals surface area (Å²) < 4.78 is 0. The molecule has 1 atom stereocenters. The van der Waals surface area contributed by atoms with Crippen LogP contribution in [-0.4, -0.2) is 24.4 Å². The normalized spacial score (nSPS) is 12.1. The van der Waals surface area contributed by atoms with Gasteiger partial charge in [-0.2, -0.15) is 0 Å². The SMILES string of the molecule is CCNC(=O)c1ccc(NC(=O)[C@@H](N)C(C)C)cc1. The van der Waals surface area contributed by atoms with Crippen LogP contribution in [0.3, 0.4) is 0 Å².